The monoisotopic (exact) mass is 221 g/mol. The molecule has 0 bridgehead atoms. The summed E-state index contributed by atoms with van der Waals surface area (Å²) in [6, 6.07) is 3.84. The highest BCUT2D eigenvalue weighted by atomic mass is 35.5. The van der Waals surface area contributed by atoms with Crippen LogP contribution < -0.4 is 5.32 Å². The second-order valence-corrected chi connectivity index (χ2v) is 3.16. The van der Waals surface area contributed by atoms with E-state index in [-0.39, 0.29) is 5.28 Å². The summed E-state index contributed by atoms with van der Waals surface area (Å²) in [5.41, 5.74) is 1.11. The minimum atomic E-state index is 0.134. The van der Waals surface area contributed by atoms with Gasteiger partial charge in [0.1, 0.15) is 5.82 Å². The van der Waals surface area contributed by atoms with Gasteiger partial charge in [-0.3, -0.25) is 4.98 Å². The van der Waals surface area contributed by atoms with Crippen molar-refractivity contribution in [2.24, 2.45) is 0 Å². The second kappa shape index (κ2) is 4.65. The van der Waals surface area contributed by atoms with Crippen molar-refractivity contribution in [3.05, 3.63) is 41.6 Å². The molecule has 1 N–H and O–H groups in total. The zero-order valence-corrected chi connectivity index (χ0v) is 8.52. The molecule has 0 saturated carbocycles. The molecular weight excluding hydrogens is 214 g/mol. The Labute approximate surface area is 91.6 Å². The standard InChI is InChI=1S/C9H8ClN5/c10-9-14-8(6-13-15-9)12-5-7-1-3-11-4-2-7/h1-4,6H,5H2,(H,12,14,15). The Morgan fingerprint density at radius 2 is 2.07 bits per heavy atom. The number of nitrogens with one attached hydrogen (secondary N) is 1. The first-order valence-corrected chi connectivity index (χ1v) is 4.70. The fourth-order valence-electron chi connectivity index (χ4n) is 1.06. The van der Waals surface area contributed by atoms with Gasteiger partial charge in [-0.1, -0.05) is 0 Å². The maximum atomic E-state index is 5.59. The van der Waals surface area contributed by atoms with Gasteiger partial charge in [0.15, 0.2) is 0 Å². The maximum Gasteiger partial charge on any atom is 0.244 e. The highest BCUT2D eigenvalue weighted by Gasteiger charge is 1.97. The van der Waals surface area contributed by atoms with Gasteiger partial charge in [-0.05, 0) is 29.3 Å². The zero-order valence-electron chi connectivity index (χ0n) is 7.76. The van der Waals surface area contributed by atoms with E-state index in [2.05, 4.69) is 25.5 Å². The van der Waals surface area contributed by atoms with Crippen LogP contribution in [0.5, 0.6) is 0 Å². The van der Waals surface area contributed by atoms with Crippen molar-refractivity contribution >= 4 is 17.4 Å². The predicted octanol–water partition coefficient (Wildman–Crippen LogP) is 1.53. The number of pyridine rings is 1. The molecule has 0 unspecified atom stereocenters. The molecule has 0 atom stereocenters. The van der Waals surface area contributed by atoms with Crippen molar-refractivity contribution in [1.29, 1.82) is 0 Å². The molecule has 0 radical (unpaired) electrons. The summed E-state index contributed by atoms with van der Waals surface area (Å²) in [5.74, 6) is 0.604. The van der Waals surface area contributed by atoms with Crippen molar-refractivity contribution in [1.82, 2.24) is 20.2 Å². The van der Waals surface area contributed by atoms with E-state index in [9.17, 15) is 0 Å². The van der Waals surface area contributed by atoms with Gasteiger partial charge in [0.2, 0.25) is 5.28 Å². The van der Waals surface area contributed by atoms with E-state index in [1.165, 1.54) is 6.20 Å². The number of rotatable bonds is 3. The van der Waals surface area contributed by atoms with Gasteiger partial charge in [-0.2, -0.15) is 10.1 Å². The minimum Gasteiger partial charge on any atom is -0.365 e. The Kier molecular flexibility index (Phi) is 3.04. The molecule has 2 heterocycles. The van der Waals surface area contributed by atoms with Crippen LogP contribution in [-0.4, -0.2) is 20.2 Å². The lowest BCUT2D eigenvalue weighted by molar-refractivity contribution is 0.957. The Morgan fingerprint density at radius 3 is 2.80 bits per heavy atom. The molecule has 6 heteroatoms. The Morgan fingerprint density at radius 1 is 1.27 bits per heavy atom. The van der Waals surface area contributed by atoms with E-state index in [1.807, 2.05) is 12.1 Å². The Hall–Kier alpha value is -1.75. The SMILES string of the molecule is Clc1nncc(NCc2ccncc2)n1. The number of anilines is 1. The molecule has 0 aliphatic heterocycles. The molecule has 0 saturated heterocycles. The molecule has 0 amide bonds. The molecular formula is C9H8ClN5. The number of halogens is 1. The number of nitrogens with zero attached hydrogens (tertiary/aromatic N) is 4. The fourth-order valence-corrected chi connectivity index (χ4v) is 1.19. The third kappa shape index (κ3) is 2.85. The predicted molar refractivity (Wildman–Crippen MR) is 56.4 cm³/mol. The van der Waals surface area contributed by atoms with Crippen LogP contribution in [0.15, 0.2) is 30.7 Å². The molecule has 5 nitrogen and oxygen atoms in total. The van der Waals surface area contributed by atoms with Gasteiger partial charge in [0, 0.05) is 18.9 Å². The average molecular weight is 222 g/mol. The molecule has 76 valence electrons. The highest BCUT2D eigenvalue weighted by molar-refractivity contribution is 6.28. The van der Waals surface area contributed by atoms with E-state index in [0.717, 1.165) is 5.56 Å². The van der Waals surface area contributed by atoms with Crippen LogP contribution >= 0.6 is 11.6 Å². The number of hydrogen-bond acceptors (Lipinski definition) is 5. The van der Waals surface area contributed by atoms with Crippen LogP contribution in [-0.2, 0) is 6.54 Å². The van der Waals surface area contributed by atoms with Gasteiger partial charge in [0.05, 0.1) is 6.20 Å². The van der Waals surface area contributed by atoms with Gasteiger partial charge in [-0.25, -0.2) is 0 Å². The van der Waals surface area contributed by atoms with Gasteiger partial charge in [0.25, 0.3) is 0 Å². The molecule has 0 spiro atoms. The second-order valence-electron chi connectivity index (χ2n) is 2.82. The van der Waals surface area contributed by atoms with Gasteiger partial charge >= 0.3 is 0 Å². The summed E-state index contributed by atoms with van der Waals surface area (Å²) in [5, 5.41) is 10.4. The van der Waals surface area contributed by atoms with E-state index in [1.54, 1.807) is 12.4 Å². The van der Waals surface area contributed by atoms with Crippen LogP contribution in [0, 0.1) is 0 Å². The molecule has 2 aromatic heterocycles. The lowest BCUT2D eigenvalue weighted by Gasteiger charge is -2.03. The van der Waals surface area contributed by atoms with Crippen molar-refractivity contribution in [3.8, 4) is 0 Å². The smallest absolute Gasteiger partial charge is 0.244 e. The maximum absolute atomic E-state index is 5.59. The molecule has 0 aliphatic carbocycles. The van der Waals surface area contributed by atoms with E-state index in [4.69, 9.17) is 11.6 Å². The third-order valence-electron chi connectivity index (χ3n) is 1.76. The average Bonchev–Trinajstić information content (AvgIpc) is 2.28. The lowest BCUT2D eigenvalue weighted by Crippen LogP contribution is -2.02. The van der Waals surface area contributed by atoms with Crippen molar-refractivity contribution in [3.63, 3.8) is 0 Å². The summed E-state index contributed by atoms with van der Waals surface area (Å²) < 4.78 is 0. The topological polar surface area (TPSA) is 63.6 Å². The fraction of sp³-hybridized carbons (Fsp3) is 0.111. The summed E-state index contributed by atoms with van der Waals surface area (Å²) in [4.78, 5) is 7.88. The first-order chi connectivity index (χ1) is 7.34. The quantitative estimate of drug-likeness (QED) is 0.852. The first kappa shape index (κ1) is 9.79. The summed E-state index contributed by atoms with van der Waals surface area (Å²) >= 11 is 5.59. The Bertz CT molecular complexity index is 434. The van der Waals surface area contributed by atoms with Crippen LogP contribution in [0.4, 0.5) is 5.82 Å². The highest BCUT2D eigenvalue weighted by Crippen LogP contribution is 2.05. The lowest BCUT2D eigenvalue weighted by atomic mass is 10.3. The van der Waals surface area contributed by atoms with Crippen molar-refractivity contribution in [2.75, 3.05) is 5.32 Å². The van der Waals surface area contributed by atoms with Gasteiger partial charge < -0.3 is 5.32 Å². The molecule has 0 fully saturated rings. The van der Waals surface area contributed by atoms with Crippen LogP contribution in [0.2, 0.25) is 5.28 Å². The molecule has 2 aromatic rings. The first-order valence-electron chi connectivity index (χ1n) is 4.32. The van der Waals surface area contributed by atoms with E-state index >= 15 is 0 Å². The summed E-state index contributed by atoms with van der Waals surface area (Å²) in [6.07, 6.45) is 5.00. The molecule has 0 aliphatic rings. The molecule has 0 aromatic carbocycles. The Balaban J connectivity index is 1.99. The van der Waals surface area contributed by atoms with Gasteiger partial charge in [-0.15, -0.1) is 5.10 Å². The van der Waals surface area contributed by atoms with Crippen LogP contribution in [0.25, 0.3) is 0 Å². The van der Waals surface area contributed by atoms with E-state index < -0.39 is 0 Å². The summed E-state index contributed by atoms with van der Waals surface area (Å²) in [6.45, 7) is 0.650. The van der Waals surface area contributed by atoms with Crippen LogP contribution in [0.1, 0.15) is 5.56 Å². The number of aromatic nitrogens is 4. The van der Waals surface area contributed by atoms with Crippen molar-refractivity contribution in [2.45, 2.75) is 6.54 Å². The van der Waals surface area contributed by atoms with E-state index in [0.29, 0.717) is 12.4 Å². The third-order valence-corrected chi connectivity index (χ3v) is 1.92. The minimum absolute atomic E-state index is 0.134. The summed E-state index contributed by atoms with van der Waals surface area (Å²) in [7, 11) is 0. The number of hydrogen-bond donors (Lipinski definition) is 1. The van der Waals surface area contributed by atoms with Crippen molar-refractivity contribution < 1.29 is 0 Å². The van der Waals surface area contributed by atoms with Crippen LogP contribution in [0.3, 0.4) is 0 Å². The zero-order chi connectivity index (χ0) is 10.5. The molecule has 15 heavy (non-hydrogen) atoms. The molecule has 2 rings (SSSR count). The normalized spacial score (nSPS) is 9.93. The largest absolute Gasteiger partial charge is 0.365 e.